The minimum atomic E-state index is -0.774. The maximum Gasteiger partial charge on any atom is 0.305 e. The van der Waals surface area contributed by atoms with Crippen molar-refractivity contribution >= 4 is 5.97 Å². The summed E-state index contributed by atoms with van der Waals surface area (Å²) in [6, 6.07) is 2.07. The van der Waals surface area contributed by atoms with Crippen LogP contribution in [0.4, 0.5) is 0 Å². The van der Waals surface area contributed by atoms with Gasteiger partial charge in [0.15, 0.2) is 0 Å². The van der Waals surface area contributed by atoms with Gasteiger partial charge in [0, 0.05) is 25.7 Å². The summed E-state index contributed by atoms with van der Waals surface area (Å²) in [5, 5.41) is 13.5. The quantitative estimate of drug-likeness (QED) is 0.847. The molecule has 0 bridgehead atoms. The molecule has 6 heteroatoms. The third-order valence-electron chi connectivity index (χ3n) is 3.70. The second-order valence-electron chi connectivity index (χ2n) is 5.09. The summed E-state index contributed by atoms with van der Waals surface area (Å²) < 4.78 is 7.41. The largest absolute Gasteiger partial charge is 0.481 e. The minimum absolute atomic E-state index is 0.0495. The normalized spacial score (nSPS) is 20.2. The van der Waals surface area contributed by atoms with Crippen LogP contribution in [0.2, 0.25) is 0 Å². The summed E-state index contributed by atoms with van der Waals surface area (Å²) in [6.45, 7) is 7.67. The number of hydrogen-bond donors (Lipinski definition) is 1. The molecule has 0 aromatic carbocycles. The number of ether oxygens (including phenoxy) is 1. The highest BCUT2D eigenvalue weighted by Gasteiger charge is 2.26. The maximum absolute atomic E-state index is 10.9. The van der Waals surface area contributed by atoms with Crippen molar-refractivity contribution in [3.63, 3.8) is 0 Å². The number of carboxylic acids is 1. The van der Waals surface area contributed by atoms with Crippen molar-refractivity contribution < 1.29 is 14.6 Å². The minimum Gasteiger partial charge on any atom is -0.481 e. The number of aromatic nitrogens is 2. The molecule has 0 radical (unpaired) electrons. The number of aliphatic carboxylic acids is 1. The first-order valence-electron chi connectivity index (χ1n) is 7.23. The van der Waals surface area contributed by atoms with Crippen molar-refractivity contribution in [3.8, 4) is 0 Å². The molecule has 1 unspecified atom stereocenters. The molecule has 0 amide bonds. The van der Waals surface area contributed by atoms with Gasteiger partial charge in [-0.3, -0.25) is 14.4 Å². The van der Waals surface area contributed by atoms with E-state index in [0.29, 0.717) is 13.2 Å². The standard InChI is InChI=1S/C14H23N3O3/c1-3-11-7-12(17(4-2)15-11)9-16-5-6-20-10-13(16)8-14(18)19/h7,13H,3-6,8-10H2,1-2H3,(H,18,19). The van der Waals surface area contributed by atoms with E-state index < -0.39 is 5.97 Å². The van der Waals surface area contributed by atoms with Crippen molar-refractivity contribution in [1.82, 2.24) is 14.7 Å². The number of carbonyl (C=O) groups is 1. The Bertz CT molecular complexity index is 459. The zero-order valence-corrected chi connectivity index (χ0v) is 12.2. The average Bonchev–Trinajstić information content (AvgIpc) is 2.82. The third kappa shape index (κ3) is 3.58. The van der Waals surface area contributed by atoms with Crippen molar-refractivity contribution in [1.29, 1.82) is 0 Å². The Morgan fingerprint density at radius 2 is 2.35 bits per heavy atom. The van der Waals surface area contributed by atoms with E-state index >= 15 is 0 Å². The first-order valence-corrected chi connectivity index (χ1v) is 7.23. The molecule has 1 aliphatic rings. The van der Waals surface area contributed by atoms with Crippen LogP contribution in [0, 0.1) is 0 Å². The first-order chi connectivity index (χ1) is 9.63. The molecule has 1 aliphatic heterocycles. The number of aryl methyl sites for hydroxylation is 2. The van der Waals surface area contributed by atoms with E-state index in [2.05, 4.69) is 29.9 Å². The molecular weight excluding hydrogens is 258 g/mol. The molecule has 2 rings (SSSR count). The smallest absolute Gasteiger partial charge is 0.305 e. The van der Waals surface area contributed by atoms with Gasteiger partial charge in [0.25, 0.3) is 0 Å². The van der Waals surface area contributed by atoms with Crippen LogP contribution in [0.1, 0.15) is 31.7 Å². The number of morpholine rings is 1. The lowest BCUT2D eigenvalue weighted by atomic mass is 10.1. The summed E-state index contributed by atoms with van der Waals surface area (Å²) >= 11 is 0. The highest BCUT2D eigenvalue weighted by atomic mass is 16.5. The zero-order chi connectivity index (χ0) is 14.5. The summed E-state index contributed by atoms with van der Waals surface area (Å²) in [4.78, 5) is 13.1. The molecule has 0 spiro atoms. The van der Waals surface area contributed by atoms with Crippen LogP contribution in [-0.4, -0.2) is 51.6 Å². The summed E-state index contributed by atoms with van der Waals surface area (Å²) in [5.74, 6) is -0.774. The fourth-order valence-electron chi connectivity index (χ4n) is 2.58. The Kier molecular flexibility index (Phi) is 5.14. The monoisotopic (exact) mass is 281 g/mol. The highest BCUT2D eigenvalue weighted by Crippen LogP contribution is 2.16. The lowest BCUT2D eigenvalue weighted by molar-refractivity contribution is -0.140. The van der Waals surface area contributed by atoms with Gasteiger partial charge >= 0.3 is 5.97 Å². The van der Waals surface area contributed by atoms with E-state index in [-0.39, 0.29) is 12.5 Å². The van der Waals surface area contributed by atoms with Crippen LogP contribution in [-0.2, 0) is 29.0 Å². The van der Waals surface area contributed by atoms with Gasteiger partial charge in [-0.2, -0.15) is 5.10 Å². The van der Waals surface area contributed by atoms with Crippen molar-refractivity contribution in [2.75, 3.05) is 19.8 Å². The molecule has 112 valence electrons. The fraction of sp³-hybridized carbons (Fsp3) is 0.714. The van der Waals surface area contributed by atoms with Crippen molar-refractivity contribution in [2.45, 2.75) is 45.8 Å². The van der Waals surface area contributed by atoms with E-state index in [1.807, 2.05) is 4.68 Å². The molecule has 1 saturated heterocycles. The predicted octanol–water partition coefficient (Wildman–Crippen LogP) is 1.14. The van der Waals surface area contributed by atoms with Gasteiger partial charge in [-0.1, -0.05) is 6.92 Å². The summed E-state index contributed by atoms with van der Waals surface area (Å²) in [7, 11) is 0. The van der Waals surface area contributed by atoms with Crippen LogP contribution in [0.25, 0.3) is 0 Å². The van der Waals surface area contributed by atoms with Crippen LogP contribution >= 0.6 is 0 Å². The molecule has 1 aromatic heterocycles. The topological polar surface area (TPSA) is 67.6 Å². The summed E-state index contributed by atoms with van der Waals surface area (Å²) in [6.07, 6.45) is 1.04. The second kappa shape index (κ2) is 6.85. The highest BCUT2D eigenvalue weighted by molar-refractivity contribution is 5.67. The number of carboxylic acid groups (broad SMARTS) is 1. The molecule has 20 heavy (non-hydrogen) atoms. The molecular formula is C14H23N3O3. The van der Waals surface area contributed by atoms with Gasteiger partial charge in [0.2, 0.25) is 0 Å². The zero-order valence-electron chi connectivity index (χ0n) is 12.2. The number of rotatable bonds is 6. The Morgan fingerprint density at radius 3 is 3.00 bits per heavy atom. The number of nitrogens with zero attached hydrogens (tertiary/aromatic N) is 3. The van der Waals surface area contributed by atoms with Crippen LogP contribution in [0.3, 0.4) is 0 Å². The van der Waals surface area contributed by atoms with Gasteiger partial charge in [0.1, 0.15) is 0 Å². The Morgan fingerprint density at radius 1 is 1.55 bits per heavy atom. The van der Waals surface area contributed by atoms with Gasteiger partial charge in [0.05, 0.1) is 31.0 Å². The van der Waals surface area contributed by atoms with E-state index in [1.165, 1.54) is 0 Å². The fourth-order valence-corrected chi connectivity index (χ4v) is 2.58. The van der Waals surface area contributed by atoms with Crippen molar-refractivity contribution in [2.24, 2.45) is 0 Å². The van der Waals surface area contributed by atoms with Crippen LogP contribution in [0.5, 0.6) is 0 Å². The molecule has 0 saturated carbocycles. The maximum atomic E-state index is 10.9. The van der Waals surface area contributed by atoms with Gasteiger partial charge in [-0.15, -0.1) is 0 Å². The lowest BCUT2D eigenvalue weighted by Gasteiger charge is -2.34. The SMILES string of the molecule is CCc1cc(CN2CCOCC2CC(=O)O)n(CC)n1. The molecule has 2 heterocycles. The van der Waals surface area contributed by atoms with Crippen molar-refractivity contribution in [3.05, 3.63) is 17.5 Å². The van der Waals surface area contributed by atoms with Crippen LogP contribution < -0.4 is 0 Å². The average molecular weight is 281 g/mol. The molecule has 0 aliphatic carbocycles. The van der Waals surface area contributed by atoms with E-state index in [1.54, 1.807) is 0 Å². The van der Waals surface area contributed by atoms with Gasteiger partial charge in [-0.05, 0) is 19.4 Å². The second-order valence-corrected chi connectivity index (χ2v) is 5.09. The van der Waals surface area contributed by atoms with E-state index in [0.717, 1.165) is 37.4 Å². The molecule has 1 atom stereocenters. The van der Waals surface area contributed by atoms with E-state index in [9.17, 15) is 4.79 Å². The Labute approximate surface area is 119 Å². The molecule has 6 nitrogen and oxygen atoms in total. The molecule has 1 aromatic rings. The first kappa shape index (κ1) is 15.0. The third-order valence-corrected chi connectivity index (χ3v) is 3.70. The Hall–Kier alpha value is -1.40. The van der Waals surface area contributed by atoms with Crippen LogP contribution in [0.15, 0.2) is 6.07 Å². The summed E-state index contributed by atoms with van der Waals surface area (Å²) in [5.41, 5.74) is 2.24. The Balaban J connectivity index is 2.09. The van der Waals surface area contributed by atoms with Gasteiger partial charge < -0.3 is 9.84 Å². The predicted molar refractivity (Wildman–Crippen MR) is 74.5 cm³/mol. The van der Waals surface area contributed by atoms with E-state index in [4.69, 9.17) is 9.84 Å². The van der Waals surface area contributed by atoms with Gasteiger partial charge in [-0.25, -0.2) is 0 Å². The lowest BCUT2D eigenvalue weighted by Crippen LogP contribution is -2.46. The molecule has 1 N–H and O–H groups in total. The number of hydrogen-bond acceptors (Lipinski definition) is 4. The molecule has 1 fully saturated rings.